The molecular weight excluding hydrogens is 324 g/mol. The highest BCUT2D eigenvalue weighted by molar-refractivity contribution is 5.69. The van der Waals surface area contributed by atoms with Crippen molar-refractivity contribution >= 4 is 22.7 Å². The zero-order valence-corrected chi connectivity index (χ0v) is 14.5. The molecule has 25 heavy (non-hydrogen) atoms. The number of benzene rings is 2. The van der Waals surface area contributed by atoms with Crippen LogP contribution >= 0.6 is 0 Å². The summed E-state index contributed by atoms with van der Waals surface area (Å²) in [4.78, 5) is 22.0. The van der Waals surface area contributed by atoms with Crippen molar-refractivity contribution < 1.29 is 9.85 Å². The molecule has 0 radical (unpaired) electrons. The second kappa shape index (κ2) is 6.39. The largest absolute Gasteiger partial charge is 0.398 e. The molecule has 2 aromatic rings. The van der Waals surface area contributed by atoms with Gasteiger partial charge in [-0.15, -0.1) is 0 Å². The van der Waals surface area contributed by atoms with Crippen molar-refractivity contribution in [2.24, 2.45) is 0 Å². The van der Waals surface area contributed by atoms with E-state index in [2.05, 4.69) is 0 Å². The van der Waals surface area contributed by atoms with E-state index in [1.165, 1.54) is 0 Å². The number of aryl methyl sites for hydroxylation is 2. The van der Waals surface area contributed by atoms with Gasteiger partial charge in [-0.05, 0) is 51.0 Å². The molecule has 0 saturated carbocycles. The number of nitro groups is 2. The normalized spacial score (nSPS) is 10.7. The maximum atomic E-state index is 11.5. The summed E-state index contributed by atoms with van der Waals surface area (Å²) < 4.78 is 0. The Morgan fingerprint density at radius 3 is 1.40 bits per heavy atom. The molecule has 0 spiro atoms. The molecule has 0 aliphatic carbocycles. The third kappa shape index (κ3) is 3.10. The second-order valence-electron chi connectivity index (χ2n) is 6.17. The van der Waals surface area contributed by atoms with E-state index in [0.717, 1.165) is 0 Å². The highest BCUT2D eigenvalue weighted by Gasteiger charge is 2.26. The Kier molecular flexibility index (Phi) is 4.64. The van der Waals surface area contributed by atoms with E-state index < -0.39 is 9.85 Å². The number of anilines is 2. The summed E-state index contributed by atoms with van der Waals surface area (Å²) in [6.07, 6.45) is 0.0521. The molecule has 0 fully saturated rings. The maximum Gasteiger partial charge on any atom is 0.277 e. The monoisotopic (exact) mass is 344 g/mol. The fraction of sp³-hybridized carbons (Fsp3) is 0.294. The van der Waals surface area contributed by atoms with Crippen LogP contribution in [0.2, 0.25) is 0 Å². The van der Waals surface area contributed by atoms with Crippen LogP contribution in [-0.4, -0.2) is 9.85 Å². The molecule has 0 heterocycles. The van der Waals surface area contributed by atoms with Gasteiger partial charge in [0.25, 0.3) is 11.4 Å². The van der Waals surface area contributed by atoms with E-state index in [1.807, 2.05) is 0 Å². The molecule has 8 nitrogen and oxygen atoms in total. The summed E-state index contributed by atoms with van der Waals surface area (Å²) in [6.45, 7) is 6.67. The number of nitro benzene ring substituents is 2. The quantitative estimate of drug-likeness (QED) is 0.494. The minimum absolute atomic E-state index is 0.0521. The lowest BCUT2D eigenvalue weighted by atomic mass is 9.93. The molecule has 2 rings (SSSR count). The van der Waals surface area contributed by atoms with Gasteiger partial charge in [-0.25, -0.2) is 0 Å². The lowest BCUT2D eigenvalue weighted by Gasteiger charge is -2.13. The number of rotatable bonds is 4. The van der Waals surface area contributed by atoms with E-state index >= 15 is 0 Å². The van der Waals surface area contributed by atoms with Crippen molar-refractivity contribution in [3.63, 3.8) is 0 Å². The topological polar surface area (TPSA) is 138 Å². The van der Waals surface area contributed by atoms with Gasteiger partial charge in [0.15, 0.2) is 0 Å². The zero-order chi connectivity index (χ0) is 19.0. The molecule has 0 aromatic heterocycles. The van der Waals surface area contributed by atoms with Gasteiger partial charge in [-0.1, -0.05) is 0 Å². The summed E-state index contributed by atoms with van der Waals surface area (Å²) in [5, 5.41) is 23.0. The van der Waals surface area contributed by atoms with Gasteiger partial charge in [-0.2, -0.15) is 0 Å². The smallest absolute Gasteiger partial charge is 0.277 e. The highest BCUT2D eigenvalue weighted by Crippen LogP contribution is 2.36. The molecule has 0 aliphatic heterocycles. The number of nitrogens with zero attached hydrogens (tertiary/aromatic N) is 2. The molecule has 8 heteroatoms. The molecule has 0 unspecified atom stereocenters. The SMILES string of the molecule is Cc1cc(Cc2cc(C)c(N)c(C)c2[N+](=O)[O-])c([N+](=O)[O-])c(C)c1N. The molecule has 2 aromatic carbocycles. The zero-order valence-electron chi connectivity index (χ0n) is 14.5. The van der Waals surface area contributed by atoms with Crippen molar-refractivity contribution in [1.82, 2.24) is 0 Å². The average molecular weight is 344 g/mol. The fourth-order valence-corrected chi connectivity index (χ4v) is 3.13. The molecule has 4 N–H and O–H groups in total. The third-order valence-electron chi connectivity index (χ3n) is 4.50. The summed E-state index contributed by atoms with van der Waals surface area (Å²) >= 11 is 0. The summed E-state index contributed by atoms with van der Waals surface area (Å²) in [7, 11) is 0. The molecule has 0 saturated heterocycles. The van der Waals surface area contributed by atoms with Gasteiger partial charge in [0.2, 0.25) is 0 Å². The van der Waals surface area contributed by atoms with Crippen molar-refractivity contribution in [3.05, 3.63) is 65.7 Å². The van der Waals surface area contributed by atoms with Gasteiger partial charge in [0, 0.05) is 28.9 Å². The van der Waals surface area contributed by atoms with E-state index in [9.17, 15) is 20.2 Å². The van der Waals surface area contributed by atoms with E-state index in [4.69, 9.17) is 11.5 Å². The second-order valence-corrected chi connectivity index (χ2v) is 6.17. The van der Waals surface area contributed by atoms with E-state index in [0.29, 0.717) is 44.8 Å². The van der Waals surface area contributed by atoms with Crippen LogP contribution < -0.4 is 11.5 Å². The standard InChI is InChI=1S/C17H20N4O4/c1-8-5-12(16(20(22)23)10(3)14(8)18)7-13-6-9(2)15(19)11(4)17(13)21(24)25/h5-6H,7,18-19H2,1-4H3. The van der Waals surface area contributed by atoms with Crippen LogP contribution in [0.15, 0.2) is 12.1 Å². The Labute approximate surface area is 144 Å². The minimum atomic E-state index is -0.497. The van der Waals surface area contributed by atoms with E-state index in [-0.39, 0.29) is 17.8 Å². The number of nitrogen functional groups attached to an aromatic ring is 2. The fourth-order valence-electron chi connectivity index (χ4n) is 3.13. The van der Waals surface area contributed by atoms with E-state index in [1.54, 1.807) is 39.8 Å². The van der Waals surface area contributed by atoms with Crippen molar-refractivity contribution in [2.45, 2.75) is 34.1 Å². The first-order chi connectivity index (χ1) is 11.6. The van der Waals surface area contributed by atoms with Gasteiger partial charge in [-0.3, -0.25) is 20.2 Å². The Hall–Kier alpha value is -3.16. The van der Waals surface area contributed by atoms with Crippen molar-refractivity contribution in [3.8, 4) is 0 Å². The average Bonchev–Trinajstić information content (AvgIpc) is 2.49. The molecule has 0 aliphatic rings. The Bertz CT molecular complexity index is 833. The highest BCUT2D eigenvalue weighted by atomic mass is 16.6. The Morgan fingerprint density at radius 2 is 1.12 bits per heavy atom. The van der Waals surface area contributed by atoms with Gasteiger partial charge in [0.1, 0.15) is 0 Å². The van der Waals surface area contributed by atoms with Crippen LogP contribution in [0.1, 0.15) is 33.4 Å². The van der Waals surface area contributed by atoms with Gasteiger partial charge >= 0.3 is 0 Å². The molecular formula is C17H20N4O4. The molecule has 0 atom stereocenters. The van der Waals surface area contributed by atoms with Gasteiger partial charge in [0.05, 0.1) is 21.0 Å². The predicted molar refractivity (Wildman–Crippen MR) is 96.8 cm³/mol. The first kappa shape index (κ1) is 18.2. The van der Waals surface area contributed by atoms with Crippen LogP contribution in [0, 0.1) is 47.9 Å². The molecule has 0 amide bonds. The summed E-state index contributed by atoms with van der Waals surface area (Å²) in [5.74, 6) is 0. The van der Waals surface area contributed by atoms with Crippen LogP contribution in [0.4, 0.5) is 22.7 Å². The van der Waals surface area contributed by atoms with Crippen molar-refractivity contribution in [1.29, 1.82) is 0 Å². The van der Waals surface area contributed by atoms with Crippen LogP contribution in [0.5, 0.6) is 0 Å². The number of nitrogens with two attached hydrogens (primary N) is 2. The van der Waals surface area contributed by atoms with Gasteiger partial charge < -0.3 is 11.5 Å². The lowest BCUT2D eigenvalue weighted by molar-refractivity contribution is -0.387. The Morgan fingerprint density at radius 1 is 0.800 bits per heavy atom. The molecule has 0 bridgehead atoms. The van der Waals surface area contributed by atoms with Crippen LogP contribution in [-0.2, 0) is 6.42 Å². The maximum absolute atomic E-state index is 11.5. The van der Waals surface area contributed by atoms with Crippen LogP contribution in [0.25, 0.3) is 0 Å². The summed E-state index contributed by atoms with van der Waals surface area (Å²) in [6, 6.07) is 3.23. The van der Waals surface area contributed by atoms with Crippen molar-refractivity contribution in [2.75, 3.05) is 11.5 Å². The third-order valence-corrected chi connectivity index (χ3v) is 4.50. The first-order valence-corrected chi connectivity index (χ1v) is 7.62. The number of hydrogen-bond acceptors (Lipinski definition) is 6. The van der Waals surface area contributed by atoms with Crippen LogP contribution in [0.3, 0.4) is 0 Å². The lowest BCUT2D eigenvalue weighted by Crippen LogP contribution is -2.07. The Balaban J connectivity index is 2.73. The summed E-state index contributed by atoms with van der Waals surface area (Å²) in [5.41, 5.74) is 15.2. The molecule has 132 valence electrons. The predicted octanol–water partition coefficient (Wildman–Crippen LogP) is 3.49. The first-order valence-electron chi connectivity index (χ1n) is 7.62. The minimum Gasteiger partial charge on any atom is -0.398 e. The number of hydrogen-bond donors (Lipinski definition) is 2.